The summed E-state index contributed by atoms with van der Waals surface area (Å²) in [5, 5.41) is 20.2. The quantitative estimate of drug-likeness (QED) is 0.512. The molecule has 0 aliphatic carbocycles. The summed E-state index contributed by atoms with van der Waals surface area (Å²) in [6.45, 7) is 0.992. The van der Waals surface area contributed by atoms with Crippen LogP contribution in [0.2, 0.25) is 0 Å². The molecule has 0 radical (unpaired) electrons. The van der Waals surface area contributed by atoms with Crippen LogP contribution < -0.4 is 10.1 Å². The maximum Gasteiger partial charge on any atom is 0.445 e. The zero-order chi connectivity index (χ0) is 18.5. The van der Waals surface area contributed by atoms with Crippen LogP contribution in [0.1, 0.15) is 17.3 Å². The molecule has 0 aliphatic heterocycles. The SMILES string of the molecule is CCOC(=O)C(NC(=O)c1ccc(OC)cc1)C(O)(O)C(F)(F)F. The van der Waals surface area contributed by atoms with Crippen LogP contribution in [0.15, 0.2) is 24.3 Å². The van der Waals surface area contributed by atoms with Crippen LogP contribution >= 0.6 is 0 Å². The summed E-state index contributed by atoms with van der Waals surface area (Å²) < 4.78 is 47.5. The second-order valence-corrected chi connectivity index (χ2v) is 4.61. The lowest BCUT2D eigenvalue weighted by molar-refractivity contribution is -0.355. The number of carbonyl (C=O) groups excluding carboxylic acids is 2. The van der Waals surface area contributed by atoms with Gasteiger partial charge in [-0.15, -0.1) is 0 Å². The predicted molar refractivity (Wildman–Crippen MR) is 74.1 cm³/mol. The number of ether oxygens (including phenoxy) is 2. The standard InChI is InChI=1S/C14H16F3NO6/c1-3-24-12(20)10(13(21,22)14(15,16)17)18-11(19)8-4-6-9(23-2)7-5-8/h4-7,10,21-22H,3H2,1-2H3,(H,18,19). The van der Waals surface area contributed by atoms with E-state index in [4.69, 9.17) is 4.74 Å². The molecule has 0 saturated carbocycles. The van der Waals surface area contributed by atoms with Gasteiger partial charge in [-0.25, -0.2) is 4.79 Å². The maximum absolute atomic E-state index is 12.8. The zero-order valence-electron chi connectivity index (χ0n) is 12.8. The number of carbonyl (C=O) groups is 2. The van der Waals surface area contributed by atoms with E-state index >= 15 is 0 Å². The smallest absolute Gasteiger partial charge is 0.445 e. The number of aliphatic hydroxyl groups is 2. The Bertz CT molecular complexity index is 585. The van der Waals surface area contributed by atoms with Crippen molar-refractivity contribution < 1.29 is 42.4 Å². The first-order valence-corrected chi connectivity index (χ1v) is 6.67. The van der Waals surface area contributed by atoms with E-state index in [0.717, 1.165) is 0 Å². The maximum atomic E-state index is 12.8. The van der Waals surface area contributed by atoms with Gasteiger partial charge in [-0.2, -0.15) is 13.2 Å². The average molecular weight is 351 g/mol. The summed E-state index contributed by atoms with van der Waals surface area (Å²) in [5.41, 5.74) is -0.122. The van der Waals surface area contributed by atoms with Crippen molar-refractivity contribution in [2.45, 2.75) is 24.9 Å². The molecule has 1 atom stereocenters. The van der Waals surface area contributed by atoms with Crippen molar-refractivity contribution in [1.29, 1.82) is 0 Å². The van der Waals surface area contributed by atoms with E-state index in [1.165, 1.54) is 38.3 Å². The van der Waals surface area contributed by atoms with Gasteiger partial charge in [-0.05, 0) is 31.2 Å². The lowest BCUT2D eigenvalue weighted by Gasteiger charge is -2.31. The number of halogens is 3. The van der Waals surface area contributed by atoms with E-state index in [-0.39, 0.29) is 12.2 Å². The fourth-order valence-corrected chi connectivity index (χ4v) is 1.67. The molecule has 0 aliphatic rings. The first kappa shape index (κ1) is 19.7. The van der Waals surface area contributed by atoms with Gasteiger partial charge in [0, 0.05) is 5.56 Å². The van der Waals surface area contributed by atoms with Crippen molar-refractivity contribution in [3.05, 3.63) is 29.8 Å². The molecule has 1 aromatic rings. The number of nitrogens with one attached hydrogen (secondary N) is 1. The second-order valence-electron chi connectivity index (χ2n) is 4.61. The lowest BCUT2D eigenvalue weighted by atomic mass is 10.1. The van der Waals surface area contributed by atoms with Gasteiger partial charge in [-0.3, -0.25) is 4.79 Å². The van der Waals surface area contributed by atoms with Crippen LogP contribution in [0.4, 0.5) is 13.2 Å². The van der Waals surface area contributed by atoms with Gasteiger partial charge in [0.25, 0.3) is 11.7 Å². The second kappa shape index (κ2) is 7.49. The van der Waals surface area contributed by atoms with Crippen LogP contribution in [-0.2, 0) is 9.53 Å². The van der Waals surface area contributed by atoms with Crippen molar-refractivity contribution in [3.63, 3.8) is 0 Å². The molecule has 0 heterocycles. The van der Waals surface area contributed by atoms with E-state index < -0.39 is 29.9 Å². The van der Waals surface area contributed by atoms with E-state index in [1.807, 2.05) is 0 Å². The van der Waals surface area contributed by atoms with Crippen molar-refractivity contribution in [2.24, 2.45) is 0 Å². The van der Waals surface area contributed by atoms with Crippen molar-refractivity contribution in [1.82, 2.24) is 5.32 Å². The number of benzene rings is 1. The molecule has 3 N–H and O–H groups in total. The Balaban J connectivity index is 3.07. The van der Waals surface area contributed by atoms with E-state index in [1.54, 1.807) is 5.32 Å². The molecule has 1 unspecified atom stereocenters. The molecule has 0 fully saturated rings. The number of rotatable bonds is 6. The van der Waals surface area contributed by atoms with Gasteiger partial charge >= 0.3 is 12.1 Å². The van der Waals surface area contributed by atoms with Gasteiger partial charge < -0.3 is 25.0 Å². The number of hydrogen-bond acceptors (Lipinski definition) is 6. The van der Waals surface area contributed by atoms with E-state index in [0.29, 0.717) is 5.75 Å². The molecule has 0 bridgehead atoms. The Hall–Kier alpha value is -2.33. The molecular weight excluding hydrogens is 335 g/mol. The first-order valence-electron chi connectivity index (χ1n) is 6.67. The number of esters is 1. The number of alkyl halides is 3. The molecule has 7 nitrogen and oxygen atoms in total. The third-order valence-corrected chi connectivity index (χ3v) is 2.97. The number of hydrogen-bond donors (Lipinski definition) is 3. The first-order chi connectivity index (χ1) is 11.0. The molecule has 10 heteroatoms. The Kier molecular flexibility index (Phi) is 6.16. The van der Waals surface area contributed by atoms with Crippen LogP contribution in [0.25, 0.3) is 0 Å². The van der Waals surface area contributed by atoms with Crippen LogP contribution in [0.5, 0.6) is 5.75 Å². The zero-order valence-corrected chi connectivity index (χ0v) is 12.8. The fraction of sp³-hybridized carbons (Fsp3) is 0.429. The van der Waals surface area contributed by atoms with Gasteiger partial charge in [0.15, 0.2) is 6.04 Å². The molecule has 24 heavy (non-hydrogen) atoms. The molecule has 134 valence electrons. The van der Waals surface area contributed by atoms with Gasteiger partial charge in [0.05, 0.1) is 13.7 Å². The van der Waals surface area contributed by atoms with Crippen LogP contribution in [0.3, 0.4) is 0 Å². The molecular formula is C14H16F3NO6. The number of amides is 1. The molecule has 0 spiro atoms. The topological polar surface area (TPSA) is 105 Å². The third-order valence-electron chi connectivity index (χ3n) is 2.97. The molecule has 1 aromatic carbocycles. The Labute approximate surface area is 135 Å². The Morgan fingerprint density at radius 3 is 2.17 bits per heavy atom. The largest absolute Gasteiger partial charge is 0.497 e. The average Bonchev–Trinajstić information content (AvgIpc) is 2.51. The highest BCUT2D eigenvalue weighted by Crippen LogP contribution is 2.31. The summed E-state index contributed by atoms with van der Waals surface area (Å²) in [7, 11) is 1.38. The Morgan fingerprint density at radius 1 is 1.21 bits per heavy atom. The number of methoxy groups -OCH3 is 1. The lowest BCUT2D eigenvalue weighted by Crippen LogP contribution is -2.64. The summed E-state index contributed by atoms with van der Waals surface area (Å²) in [6, 6.07) is 2.42. The fourth-order valence-electron chi connectivity index (χ4n) is 1.67. The van der Waals surface area contributed by atoms with E-state index in [2.05, 4.69) is 4.74 Å². The molecule has 1 amide bonds. The monoisotopic (exact) mass is 351 g/mol. The summed E-state index contributed by atoms with van der Waals surface area (Å²) in [4.78, 5) is 23.6. The van der Waals surface area contributed by atoms with Crippen LogP contribution in [-0.4, -0.2) is 53.8 Å². The minimum atomic E-state index is -5.60. The van der Waals surface area contributed by atoms with Crippen molar-refractivity contribution in [2.75, 3.05) is 13.7 Å². The summed E-state index contributed by atoms with van der Waals surface area (Å²) in [6.07, 6.45) is -5.60. The van der Waals surface area contributed by atoms with Crippen LogP contribution in [0, 0.1) is 0 Å². The Morgan fingerprint density at radius 2 is 1.75 bits per heavy atom. The highest BCUT2D eigenvalue weighted by molar-refractivity contribution is 5.97. The van der Waals surface area contributed by atoms with Crippen molar-refractivity contribution in [3.8, 4) is 5.75 Å². The minimum Gasteiger partial charge on any atom is -0.497 e. The highest BCUT2D eigenvalue weighted by atomic mass is 19.4. The van der Waals surface area contributed by atoms with Crippen molar-refractivity contribution >= 4 is 11.9 Å². The molecule has 0 saturated heterocycles. The summed E-state index contributed by atoms with van der Waals surface area (Å²) >= 11 is 0. The molecule has 0 aromatic heterocycles. The van der Waals surface area contributed by atoms with Gasteiger partial charge in [0.1, 0.15) is 5.75 Å². The highest BCUT2D eigenvalue weighted by Gasteiger charge is 2.61. The predicted octanol–water partition coefficient (Wildman–Crippen LogP) is 0.600. The van der Waals surface area contributed by atoms with Gasteiger partial charge in [0.2, 0.25) is 0 Å². The third kappa shape index (κ3) is 4.36. The van der Waals surface area contributed by atoms with Gasteiger partial charge in [-0.1, -0.05) is 0 Å². The summed E-state index contributed by atoms with van der Waals surface area (Å²) in [5.74, 6) is -6.88. The van der Waals surface area contributed by atoms with E-state index in [9.17, 15) is 33.0 Å². The minimum absolute atomic E-state index is 0.122. The normalized spacial score (nSPS) is 13.1. The molecule has 1 rings (SSSR count).